The van der Waals surface area contributed by atoms with E-state index < -0.39 is 5.91 Å². The van der Waals surface area contributed by atoms with Crippen LogP contribution in [-0.4, -0.2) is 17.9 Å². The van der Waals surface area contributed by atoms with Crippen molar-refractivity contribution in [3.63, 3.8) is 0 Å². The predicted molar refractivity (Wildman–Crippen MR) is 76.7 cm³/mol. The summed E-state index contributed by atoms with van der Waals surface area (Å²) in [6.07, 6.45) is 0. The number of aryl methyl sites for hydroxylation is 1. The van der Waals surface area contributed by atoms with Gasteiger partial charge in [0.15, 0.2) is 5.76 Å². The van der Waals surface area contributed by atoms with Crippen LogP contribution in [-0.2, 0) is 13.1 Å². The second-order valence-electron chi connectivity index (χ2n) is 4.84. The van der Waals surface area contributed by atoms with Gasteiger partial charge in [0.2, 0.25) is 0 Å². The van der Waals surface area contributed by atoms with Crippen LogP contribution in [0, 0.1) is 6.92 Å². The summed E-state index contributed by atoms with van der Waals surface area (Å²) in [6, 6.07) is 11.7. The molecule has 5 heteroatoms. The molecule has 0 aliphatic heterocycles. The largest absolute Gasteiger partial charge is 0.455 e. The van der Waals surface area contributed by atoms with Crippen molar-refractivity contribution in [1.29, 1.82) is 0 Å². The first-order chi connectivity index (χ1) is 9.60. The second-order valence-corrected chi connectivity index (χ2v) is 4.84. The molecule has 0 unspecified atom stereocenters. The number of carbonyl (C=O) groups is 1. The number of nitrogen functional groups attached to an aromatic ring is 1. The fourth-order valence-electron chi connectivity index (χ4n) is 2.06. The number of furan rings is 1. The van der Waals surface area contributed by atoms with Crippen LogP contribution >= 0.6 is 0 Å². The number of nitrogens with two attached hydrogens (primary N) is 1. The Morgan fingerprint density at radius 1 is 1.25 bits per heavy atom. The number of nitrogens with one attached hydrogen (secondary N) is 1. The van der Waals surface area contributed by atoms with Crippen molar-refractivity contribution in [2.75, 3.05) is 7.05 Å². The van der Waals surface area contributed by atoms with Gasteiger partial charge in [0.25, 0.3) is 0 Å². The molecule has 2 rings (SSSR count). The highest BCUT2D eigenvalue weighted by atomic mass is 16.4. The maximum atomic E-state index is 11.3. The van der Waals surface area contributed by atoms with E-state index in [1.54, 1.807) is 12.1 Å². The smallest absolute Gasteiger partial charge is 0.300 e. The monoisotopic (exact) mass is 273 g/mol. The molecule has 2 aromatic rings. The van der Waals surface area contributed by atoms with Crippen molar-refractivity contribution in [3.05, 3.63) is 59.0 Å². The number of hydrogen-bond donors (Lipinski definition) is 2. The summed E-state index contributed by atoms with van der Waals surface area (Å²) in [4.78, 5) is 13.4. The number of nitrogens with zero attached hydrogens (tertiary/aromatic N) is 1. The number of hydrogen-bond acceptors (Lipinski definition) is 4. The molecule has 0 bridgehead atoms. The van der Waals surface area contributed by atoms with E-state index in [9.17, 15) is 4.79 Å². The third kappa shape index (κ3) is 3.46. The third-order valence-corrected chi connectivity index (χ3v) is 3.14. The molecule has 0 saturated carbocycles. The lowest BCUT2D eigenvalue weighted by molar-refractivity contribution is 0.0922. The summed E-state index contributed by atoms with van der Waals surface area (Å²) in [5.74, 6) is 5.61. The van der Waals surface area contributed by atoms with E-state index in [4.69, 9.17) is 10.3 Å². The summed E-state index contributed by atoms with van der Waals surface area (Å²) < 4.78 is 5.44. The van der Waals surface area contributed by atoms with Gasteiger partial charge < -0.3 is 4.42 Å². The zero-order valence-electron chi connectivity index (χ0n) is 11.7. The highest BCUT2D eigenvalue weighted by Gasteiger charge is 2.11. The van der Waals surface area contributed by atoms with Gasteiger partial charge >= 0.3 is 5.91 Å². The van der Waals surface area contributed by atoms with Gasteiger partial charge in [-0.3, -0.25) is 15.1 Å². The van der Waals surface area contributed by atoms with Gasteiger partial charge in [-0.05, 0) is 37.2 Å². The average molecular weight is 273 g/mol. The van der Waals surface area contributed by atoms with Crippen molar-refractivity contribution in [1.82, 2.24) is 10.3 Å². The number of amides is 1. The lowest BCUT2D eigenvalue weighted by Gasteiger charge is -2.16. The normalized spacial score (nSPS) is 10.8. The molecule has 0 spiro atoms. The van der Waals surface area contributed by atoms with Crippen LogP contribution in [0.4, 0.5) is 0 Å². The Balaban J connectivity index is 1.98. The fraction of sp³-hybridized carbons (Fsp3) is 0.267. The van der Waals surface area contributed by atoms with Gasteiger partial charge in [-0.15, -0.1) is 0 Å². The Kier molecular flexibility index (Phi) is 4.55. The minimum absolute atomic E-state index is 0.229. The number of rotatable bonds is 5. The molecule has 1 amide bonds. The molecule has 1 aromatic carbocycles. The molecule has 5 nitrogen and oxygen atoms in total. The van der Waals surface area contributed by atoms with Crippen molar-refractivity contribution in [3.8, 4) is 0 Å². The molecule has 0 saturated heterocycles. The molecule has 1 aromatic heterocycles. The minimum atomic E-state index is -0.419. The molecule has 0 aliphatic carbocycles. The number of hydrazine groups is 1. The highest BCUT2D eigenvalue weighted by molar-refractivity contribution is 5.90. The molecular formula is C15H19N3O2. The molecule has 0 aliphatic rings. The lowest BCUT2D eigenvalue weighted by atomic mass is 10.1. The molecule has 0 radical (unpaired) electrons. The molecular weight excluding hydrogens is 254 g/mol. The summed E-state index contributed by atoms with van der Waals surface area (Å²) in [5, 5.41) is 0. The second kappa shape index (κ2) is 6.36. The van der Waals surface area contributed by atoms with Crippen LogP contribution < -0.4 is 11.3 Å². The van der Waals surface area contributed by atoms with Crippen LogP contribution in [0.5, 0.6) is 0 Å². The van der Waals surface area contributed by atoms with Gasteiger partial charge in [0, 0.05) is 6.54 Å². The molecule has 1 heterocycles. The first-order valence-corrected chi connectivity index (χ1v) is 6.43. The van der Waals surface area contributed by atoms with E-state index in [1.165, 1.54) is 11.1 Å². The lowest BCUT2D eigenvalue weighted by Crippen LogP contribution is -2.29. The summed E-state index contributed by atoms with van der Waals surface area (Å²) in [5.41, 5.74) is 4.59. The van der Waals surface area contributed by atoms with Gasteiger partial charge in [-0.2, -0.15) is 0 Å². The third-order valence-electron chi connectivity index (χ3n) is 3.14. The van der Waals surface area contributed by atoms with Crippen molar-refractivity contribution >= 4 is 5.91 Å². The van der Waals surface area contributed by atoms with E-state index >= 15 is 0 Å². The van der Waals surface area contributed by atoms with Crippen LogP contribution in [0.25, 0.3) is 0 Å². The minimum Gasteiger partial charge on any atom is -0.455 e. The predicted octanol–water partition coefficient (Wildman–Crippen LogP) is 1.82. The summed E-state index contributed by atoms with van der Waals surface area (Å²) in [7, 11) is 2.01. The van der Waals surface area contributed by atoms with Crippen LogP contribution in [0.15, 0.2) is 40.8 Å². The fourth-order valence-corrected chi connectivity index (χ4v) is 2.06. The maximum Gasteiger partial charge on any atom is 0.300 e. The first-order valence-electron chi connectivity index (χ1n) is 6.43. The molecule has 20 heavy (non-hydrogen) atoms. The Morgan fingerprint density at radius 3 is 2.70 bits per heavy atom. The van der Waals surface area contributed by atoms with Crippen molar-refractivity contribution < 1.29 is 9.21 Å². The molecule has 0 fully saturated rings. The standard InChI is InChI=1S/C15H19N3O2/c1-11-5-3-4-6-12(11)9-18(2)10-13-7-8-14(20-13)15(19)17-16/h3-8H,9-10,16H2,1-2H3,(H,17,19). The Morgan fingerprint density at radius 2 is 2.00 bits per heavy atom. The maximum absolute atomic E-state index is 11.3. The van der Waals surface area contributed by atoms with Gasteiger partial charge in [0.05, 0.1) is 6.54 Å². The zero-order valence-corrected chi connectivity index (χ0v) is 11.7. The Hall–Kier alpha value is -2.11. The summed E-state index contributed by atoms with van der Waals surface area (Å²) in [6.45, 7) is 3.55. The van der Waals surface area contributed by atoms with Gasteiger partial charge in [-0.1, -0.05) is 24.3 Å². The highest BCUT2D eigenvalue weighted by Crippen LogP contribution is 2.14. The van der Waals surface area contributed by atoms with E-state index in [0.717, 1.165) is 12.3 Å². The molecule has 0 atom stereocenters. The van der Waals surface area contributed by atoms with Crippen molar-refractivity contribution in [2.24, 2.45) is 5.84 Å². The zero-order chi connectivity index (χ0) is 14.5. The van der Waals surface area contributed by atoms with E-state index in [-0.39, 0.29) is 5.76 Å². The molecule has 3 N–H and O–H groups in total. The van der Waals surface area contributed by atoms with E-state index in [1.807, 2.05) is 24.6 Å². The first kappa shape index (κ1) is 14.3. The van der Waals surface area contributed by atoms with E-state index in [0.29, 0.717) is 6.54 Å². The van der Waals surface area contributed by atoms with Gasteiger partial charge in [-0.25, -0.2) is 5.84 Å². The van der Waals surface area contributed by atoms with Crippen LogP contribution in [0.1, 0.15) is 27.4 Å². The number of benzene rings is 1. The number of carbonyl (C=O) groups excluding carboxylic acids is 1. The quantitative estimate of drug-likeness (QED) is 0.495. The Bertz CT molecular complexity index is 592. The van der Waals surface area contributed by atoms with Crippen molar-refractivity contribution in [2.45, 2.75) is 20.0 Å². The molecule has 106 valence electrons. The van der Waals surface area contributed by atoms with Gasteiger partial charge in [0.1, 0.15) is 5.76 Å². The summed E-state index contributed by atoms with van der Waals surface area (Å²) >= 11 is 0. The van der Waals surface area contributed by atoms with E-state index in [2.05, 4.69) is 24.0 Å². The average Bonchev–Trinajstić information content (AvgIpc) is 2.89. The Labute approximate surface area is 118 Å². The SMILES string of the molecule is Cc1ccccc1CN(C)Cc1ccc(C(=O)NN)o1. The topological polar surface area (TPSA) is 71.5 Å². The van der Waals surface area contributed by atoms with Crippen LogP contribution in [0.3, 0.4) is 0 Å². The van der Waals surface area contributed by atoms with Crippen LogP contribution in [0.2, 0.25) is 0 Å².